The first-order valence-corrected chi connectivity index (χ1v) is 6.63. The molecule has 0 fully saturated rings. The SMILES string of the molecule is CCCCc1cncc(CO)c1-c1ccccc1O. The molecular formula is C16H19NO2. The smallest absolute Gasteiger partial charge is 0.123 e. The van der Waals surface area contributed by atoms with Crippen LogP contribution in [0.5, 0.6) is 5.75 Å². The van der Waals surface area contributed by atoms with Crippen molar-refractivity contribution < 1.29 is 10.2 Å². The molecule has 0 spiro atoms. The maximum atomic E-state index is 10.0. The van der Waals surface area contributed by atoms with Crippen molar-refractivity contribution in [3.63, 3.8) is 0 Å². The summed E-state index contributed by atoms with van der Waals surface area (Å²) in [5, 5.41) is 19.5. The first-order valence-electron chi connectivity index (χ1n) is 6.63. The van der Waals surface area contributed by atoms with Crippen LogP contribution in [0.1, 0.15) is 30.9 Å². The van der Waals surface area contributed by atoms with Gasteiger partial charge in [0.15, 0.2) is 0 Å². The third-order valence-corrected chi connectivity index (χ3v) is 3.25. The molecular weight excluding hydrogens is 238 g/mol. The number of unbranched alkanes of at least 4 members (excludes halogenated alkanes) is 1. The molecule has 0 aliphatic heterocycles. The molecule has 1 aromatic heterocycles. The van der Waals surface area contributed by atoms with Crippen LogP contribution in [0.3, 0.4) is 0 Å². The van der Waals surface area contributed by atoms with Gasteiger partial charge in [-0.1, -0.05) is 31.5 Å². The second-order valence-electron chi connectivity index (χ2n) is 4.61. The summed E-state index contributed by atoms with van der Waals surface area (Å²) in [5.41, 5.74) is 3.52. The Labute approximate surface area is 113 Å². The van der Waals surface area contributed by atoms with Crippen molar-refractivity contribution in [3.8, 4) is 16.9 Å². The molecule has 0 aliphatic carbocycles. The number of hydrogen-bond acceptors (Lipinski definition) is 3. The summed E-state index contributed by atoms with van der Waals surface area (Å²) in [6.07, 6.45) is 6.57. The quantitative estimate of drug-likeness (QED) is 0.864. The molecule has 3 nitrogen and oxygen atoms in total. The fourth-order valence-electron chi connectivity index (χ4n) is 2.26. The lowest BCUT2D eigenvalue weighted by Gasteiger charge is -2.14. The minimum Gasteiger partial charge on any atom is -0.507 e. The topological polar surface area (TPSA) is 53.4 Å². The monoisotopic (exact) mass is 257 g/mol. The molecule has 0 atom stereocenters. The van der Waals surface area contributed by atoms with Gasteiger partial charge in [-0.15, -0.1) is 0 Å². The van der Waals surface area contributed by atoms with E-state index in [1.54, 1.807) is 18.3 Å². The van der Waals surface area contributed by atoms with Gasteiger partial charge in [0.1, 0.15) is 5.75 Å². The number of pyridine rings is 1. The molecule has 0 bridgehead atoms. The van der Waals surface area contributed by atoms with Crippen LogP contribution in [-0.2, 0) is 13.0 Å². The second kappa shape index (κ2) is 6.34. The number of benzene rings is 1. The summed E-state index contributed by atoms with van der Waals surface area (Å²) in [6.45, 7) is 2.07. The molecule has 2 aromatic rings. The van der Waals surface area contributed by atoms with E-state index in [1.165, 1.54) is 0 Å². The maximum Gasteiger partial charge on any atom is 0.123 e. The van der Waals surface area contributed by atoms with Crippen molar-refractivity contribution in [2.24, 2.45) is 0 Å². The zero-order valence-corrected chi connectivity index (χ0v) is 11.1. The number of rotatable bonds is 5. The molecule has 0 amide bonds. The molecule has 1 heterocycles. The van der Waals surface area contributed by atoms with E-state index < -0.39 is 0 Å². The Hall–Kier alpha value is -1.87. The Balaban J connectivity index is 2.55. The lowest BCUT2D eigenvalue weighted by molar-refractivity contribution is 0.282. The van der Waals surface area contributed by atoms with Gasteiger partial charge in [0, 0.05) is 23.5 Å². The van der Waals surface area contributed by atoms with Crippen LogP contribution in [0.15, 0.2) is 36.7 Å². The van der Waals surface area contributed by atoms with Gasteiger partial charge in [-0.2, -0.15) is 0 Å². The average Bonchev–Trinajstić information content (AvgIpc) is 2.45. The van der Waals surface area contributed by atoms with Gasteiger partial charge in [-0.3, -0.25) is 4.98 Å². The molecule has 0 radical (unpaired) electrons. The van der Waals surface area contributed by atoms with Gasteiger partial charge < -0.3 is 10.2 Å². The van der Waals surface area contributed by atoms with Crippen LogP contribution in [0.25, 0.3) is 11.1 Å². The van der Waals surface area contributed by atoms with E-state index in [-0.39, 0.29) is 12.4 Å². The van der Waals surface area contributed by atoms with E-state index in [1.807, 2.05) is 18.3 Å². The summed E-state index contributed by atoms with van der Waals surface area (Å²) in [4.78, 5) is 4.18. The molecule has 0 aliphatic rings. The van der Waals surface area contributed by atoms with E-state index in [0.29, 0.717) is 0 Å². The van der Waals surface area contributed by atoms with Crippen molar-refractivity contribution in [1.82, 2.24) is 4.98 Å². The van der Waals surface area contributed by atoms with Crippen LogP contribution in [0.4, 0.5) is 0 Å². The highest BCUT2D eigenvalue weighted by Gasteiger charge is 2.13. The van der Waals surface area contributed by atoms with E-state index in [2.05, 4.69) is 11.9 Å². The van der Waals surface area contributed by atoms with Gasteiger partial charge in [0.25, 0.3) is 0 Å². The van der Waals surface area contributed by atoms with Crippen molar-refractivity contribution in [2.45, 2.75) is 32.8 Å². The molecule has 3 heteroatoms. The molecule has 2 rings (SSSR count). The molecule has 100 valence electrons. The fourth-order valence-corrected chi connectivity index (χ4v) is 2.26. The van der Waals surface area contributed by atoms with Crippen LogP contribution in [-0.4, -0.2) is 15.2 Å². The van der Waals surface area contributed by atoms with Crippen molar-refractivity contribution in [2.75, 3.05) is 0 Å². The van der Waals surface area contributed by atoms with Gasteiger partial charge >= 0.3 is 0 Å². The standard InChI is InChI=1S/C16H19NO2/c1-2-3-6-12-9-17-10-13(11-18)16(12)14-7-4-5-8-15(14)19/h4-5,7-10,18-19H,2-3,6,11H2,1H3. The third-order valence-electron chi connectivity index (χ3n) is 3.25. The van der Waals surface area contributed by atoms with Crippen LogP contribution in [0.2, 0.25) is 0 Å². The predicted octanol–water partition coefficient (Wildman–Crippen LogP) is 3.29. The Morgan fingerprint density at radius 1 is 1.11 bits per heavy atom. The number of aliphatic hydroxyl groups excluding tert-OH is 1. The van der Waals surface area contributed by atoms with E-state index in [9.17, 15) is 10.2 Å². The first-order chi connectivity index (χ1) is 9.27. The summed E-state index contributed by atoms with van der Waals surface area (Å²) < 4.78 is 0. The summed E-state index contributed by atoms with van der Waals surface area (Å²) >= 11 is 0. The molecule has 2 N–H and O–H groups in total. The Kier molecular flexibility index (Phi) is 4.53. The predicted molar refractivity (Wildman–Crippen MR) is 75.9 cm³/mol. The van der Waals surface area contributed by atoms with Crippen LogP contribution >= 0.6 is 0 Å². The Bertz CT molecular complexity index is 552. The van der Waals surface area contributed by atoms with E-state index in [4.69, 9.17) is 0 Å². The van der Waals surface area contributed by atoms with Gasteiger partial charge in [-0.05, 0) is 30.0 Å². The number of nitrogens with zero attached hydrogens (tertiary/aromatic N) is 1. The van der Waals surface area contributed by atoms with Gasteiger partial charge in [0.05, 0.1) is 6.61 Å². The molecule has 0 saturated carbocycles. The van der Waals surface area contributed by atoms with Gasteiger partial charge in [0.2, 0.25) is 0 Å². The zero-order chi connectivity index (χ0) is 13.7. The van der Waals surface area contributed by atoms with E-state index >= 15 is 0 Å². The normalized spacial score (nSPS) is 10.6. The molecule has 0 unspecified atom stereocenters. The summed E-state index contributed by atoms with van der Waals surface area (Å²) in [6, 6.07) is 7.23. The van der Waals surface area contributed by atoms with Crippen LogP contribution in [0, 0.1) is 0 Å². The Morgan fingerprint density at radius 2 is 1.84 bits per heavy atom. The number of phenols is 1. The lowest BCUT2D eigenvalue weighted by atomic mass is 9.93. The van der Waals surface area contributed by atoms with Crippen molar-refractivity contribution >= 4 is 0 Å². The molecule has 19 heavy (non-hydrogen) atoms. The first kappa shape index (κ1) is 13.6. The highest BCUT2D eigenvalue weighted by Crippen LogP contribution is 2.34. The average molecular weight is 257 g/mol. The maximum absolute atomic E-state index is 10.0. The Morgan fingerprint density at radius 3 is 2.53 bits per heavy atom. The minimum atomic E-state index is -0.0728. The largest absolute Gasteiger partial charge is 0.507 e. The number of aromatic hydroxyl groups is 1. The zero-order valence-electron chi connectivity index (χ0n) is 11.1. The highest BCUT2D eigenvalue weighted by molar-refractivity contribution is 5.75. The number of phenolic OH excluding ortho intramolecular Hbond substituents is 1. The number of aromatic nitrogens is 1. The molecule has 1 aromatic carbocycles. The number of para-hydroxylation sites is 1. The number of hydrogen-bond donors (Lipinski definition) is 2. The molecule has 0 saturated heterocycles. The lowest BCUT2D eigenvalue weighted by Crippen LogP contribution is -1.98. The van der Waals surface area contributed by atoms with Crippen molar-refractivity contribution in [1.29, 1.82) is 0 Å². The highest BCUT2D eigenvalue weighted by atomic mass is 16.3. The second-order valence-corrected chi connectivity index (χ2v) is 4.61. The minimum absolute atomic E-state index is 0.0728. The van der Waals surface area contributed by atoms with E-state index in [0.717, 1.165) is 41.5 Å². The fraction of sp³-hybridized carbons (Fsp3) is 0.312. The summed E-state index contributed by atoms with van der Waals surface area (Å²) in [7, 11) is 0. The van der Waals surface area contributed by atoms with Crippen molar-refractivity contribution in [3.05, 3.63) is 47.8 Å². The number of aliphatic hydroxyl groups is 1. The third kappa shape index (κ3) is 2.93. The van der Waals surface area contributed by atoms with Gasteiger partial charge in [-0.25, -0.2) is 0 Å². The number of aryl methyl sites for hydroxylation is 1. The summed E-state index contributed by atoms with van der Waals surface area (Å²) in [5.74, 6) is 0.237. The van der Waals surface area contributed by atoms with Crippen LogP contribution < -0.4 is 0 Å².